The van der Waals surface area contributed by atoms with Crippen LogP contribution in [0.2, 0.25) is 0 Å². The minimum atomic E-state index is -0.157. The number of aryl methyl sites for hydroxylation is 1. The van der Waals surface area contributed by atoms with E-state index in [2.05, 4.69) is 5.32 Å². The number of amides is 1. The molecule has 2 rings (SSSR count). The van der Waals surface area contributed by atoms with Crippen LogP contribution in [0, 0.1) is 6.92 Å². The molecule has 0 spiro atoms. The molecule has 1 N–H and O–H groups in total. The lowest BCUT2D eigenvalue weighted by molar-refractivity contribution is -0.117. The van der Waals surface area contributed by atoms with Crippen molar-refractivity contribution in [1.29, 1.82) is 0 Å². The Hall–Kier alpha value is -2.75. The molecular formula is C20H23NO3. The minimum absolute atomic E-state index is 0.0597. The topological polar surface area (TPSA) is 47.6 Å². The predicted octanol–water partition coefficient (Wildman–Crippen LogP) is 3.90. The lowest BCUT2D eigenvalue weighted by Crippen LogP contribution is -2.25. The van der Waals surface area contributed by atoms with Crippen LogP contribution in [0.3, 0.4) is 0 Å². The van der Waals surface area contributed by atoms with Crippen molar-refractivity contribution < 1.29 is 14.3 Å². The summed E-state index contributed by atoms with van der Waals surface area (Å²) in [6, 6.07) is 13.4. The molecule has 0 saturated carbocycles. The fourth-order valence-corrected chi connectivity index (χ4v) is 2.55. The SMILES string of the molecule is COc1ccc(OC)c(/C=C/C(=O)NC(C)c2ccccc2C)c1. The van der Waals surface area contributed by atoms with Gasteiger partial charge in [-0.2, -0.15) is 0 Å². The molecule has 1 atom stereocenters. The largest absolute Gasteiger partial charge is 0.497 e. The second kappa shape index (κ2) is 8.20. The van der Waals surface area contributed by atoms with Gasteiger partial charge in [-0.05, 0) is 49.2 Å². The van der Waals surface area contributed by atoms with Crippen LogP contribution in [-0.2, 0) is 4.79 Å². The van der Waals surface area contributed by atoms with Crippen LogP contribution in [0.25, 0.3) is 6.08 Å². The molecule has 4 nitrogen and oxygen atoms in total. The smallest absolute Gasteiger partial charge is 0.244 e. The highest BCUT2D eigenvalue weighted by Gasteiger charge is 2.10. The summed E-state index contributed by atoms with van der Waals surface area (Å²) in [7, 11) is 3.20. The number of carbonyl (C=O) groups excluding carboxylic acids is 1. The highest BCUT2D eigenvalue weighted by molar-refractivity contribution is 5.92. The maximum absolute atomic E-state index is 12.2. The van der Waals surface area contributed by atoms with Gasteiger partial charge >= 0.3 is 0 Å². The number of hydrogen-bond donors (Lipinski definition) is 1. The average molecular weight is 325 g/mol. The summed E-state index contributed by atoms with van der Waals surface area (Å²) in [6.45, 7) is 4.01. The summed E-state index contributed by atoms with van der Waals surface area (Å²) in [6.07, 6.45) is 3.23. The molecule has 0 aliphatic carbocycles. The van der Waals surface area contributed by atoms with Crippen LogP contribution in [0.1, 0.15) is 29.7 Å². The fourth-order valence-electron chi connectivity index (χ4n) is 2.55. The Kier molecular flexibility index (Phi) is 6.01. The molecule has 1 unspecified atom stereocenters. The van der Waals surface area contributed by atoms with Gasteiger partial charge in [-0.25, -0.2) is 0 Å². The Balaban J connectivity index is 2.09. The number of methoxy groups -OCH3 is 2. The first-order valence-electron chi connectivity index (χ1n) is 7.81. The summed E-state index contributed by atoms with van der Waals surface area (Å²) in [5.74, 6) is 1.24. The van der Waals surface area contributed by atoms with Crippen molar-refractivity contribution in [3.63, 3.8) is 0 Å². The van der Waals surface area contributed by atoms with Crippen LogP contribution in [0.4, 0.5) is 0 Å². The van der Waals surface area contributed by atoms with Gasteiger partial charge in [0, 0.05) is 11.6 Å². The minimum Gasteiger partial charge on any atom is -0.497 e. The van der Waals surface area contributed by atoms with Crippen LogP contribution in [0.15, 0.2) is 48.5 Å². The van der Waals surface area contributed by atoms with Crippen molar-refractivity contribution in [1.82, 2.24) is 5.32 Å². The number of ether oxygens (including phenoxy) is 2. The maximum Gasteiger partial charge on any atom is 0.244 e. The predicted molar refractivity (Wildman–Crippen MR) is 96.3 cm³/mol. The molecule has 0 radical (unpaired) electrons. The molecule has 2 aromatic carbocycles. The van der Waals surface area contributed by atoms with E-state index in [9.17, 15) is 4.79 Å². The lowest BCUT2D eigenvalue weighted by atomic mass is 10.0. The van der Waals surface area contributed by atoms with E-state index < -0.39 is 0 Å². The van der Waals surface area contributed by atoms with E-state index in [4.69, 9.17) is 9.47 Å². The second-order valence-corrected chi connectivity index (χ2v) is 5.53. The zero-order valence-electron chi connectivity index (χ0n) is 14.5. The number of hydrogen-bond acceptors (Lipinski definition) is 3. The molecule has 0 aliphatic rings. The highest BCUT2D eigenvalue weighted by atomic mass is 16.5. The molecular weight excluding hydrogens is 302 g/mol. The van der Waals surface area contributed by atoms with E-state index in [-0.39, 0.29) is 11.9 Å². The third-order valence-corrected chi connectivity index (χ3v) is 3.86. The average Bonchev–Trinajstić information content (AvgIpc) is 2.59. The third-order valence-electron chi connectivity index (χ3n) is 3.86. The molecule has 0 saturated heterocycles. The van der Waals surface area contributed by atoms with Gasteiger partial charge in [0.15, 0.2) is 0 Å². The number of benzene rings is 2. The molecule has 4 heteroatoms. The first kappa shape index (κ1) is 17.6. The second-order valence-electron chi connectivity index (χ2n) is 5.53. The molecule has 0 aromatic heterocycles. The molecule has 0 aliphatic heterocycles. The van der Waals surface area contributed by atoms with Crippen LogP contribution in [0.5, 0.6) is 11.5 Å². The molecule has 24 heavy (non-hydrogen) atoms. The standard InChI is InChI=1S/C20H23NO3/c1-14-7-5-6-8-18(14)15(2)21-20(22)12-9-16-13-17(23-3)10-11-19(16)24-4/h5-13,15H,1-4H3,(H,21,22)/b12-9+. The van der Waals surface area contributed by atoms with E-state index in [1.54, 1.807) is 20.3 Å². The Morgan fingerprint density at radius 2 is 1.88 bits per heavy atom. The van der Waals surface area contributed by atoms with Gasteiger partial charge in [-0.3, -0.25) is 4.79 Å². The maximum atomic E-state index is 12.2. The summed E-state index contributed by atoms with van der Waals surface area (Å²) >= 11 is 0. The van der Waals surface area contributed by atoms with Gasteiger partial charge in [0.25, 0.3) is 0 Å². The Morgan fingerprint density at radius 1 is 1.12 bits per heavy atom. The van der Waals surface area contributed by atoms with Gasteiger partial charge in [0.1, 0.15) is 11.5 Å². The summed E-state index contributed by atoms with van der Waals surface area (Å²) < 4.78 is 10.5. The fraction of sp³-hybridized carbons (Fsp3) is 0.250. The highest BCUT2D eigenvalue weighted by Crippen LogP contribution is 2.25. The van der Waals surface area contributed by atoms with Crippen LogP contribution < -0.4 is 14.8 Å². The van der Waals surface area contributed by atoms with Crippen molar-refractivity contribution in [3.8, 4) is 11.5 Å². The number of carbonyl (C=O) groups is 1. The van der Waals surface area contributed by atoms with Gasteiger partial charge in [0.2, 0.25) is 5.91 Å². The Morgan fingerprint density at radius 3 is 2.54 bits per heavy atom. The molecule has 0 fully saturated rings. The van der Waals surface area contributed by atoms with E-state index in [1.165, 1.54) is 6.08 Å². The summed E-state index contributed by atoms with van der Waals surface area (Å²) in [5.41, 5.74) is 3.05. The van der Waals surface area contributed by atoms with Crippen LogP contribution in [-0.4, -0.2) is 20.1 Å². The van der Waals surface area contributed by atoms with Crippen molar-refractivity contribution in [2.75, 3.05) is 14.2 Å². The zero-order chi connectivity index (χ0) is 17.5. The van der Waals surface area contributed by atoms with E-state index in [1.807, 2.05) is 56.3 Å². The Labute approximate surface area is 143 Å². The zero-order valence-corrected chi connectivity index (χ0v) is 14.5. The normalized spacial score (nSPS) is 12.0. The number of rotatable bonds is 6. The quantitative estimate of drug-likeness (QED) is 0.819. The van der Waals surface area contributed by atoms with Crippen molar-refractivity contribution >= 4 is 12.0 Å². The number of nitrogens with one attached hydrogen (secondary N) is 1. The van der Waals surface area contributed by atoms with E-state index >= 15 is 0 Å². The van der Waals surface area contributed by atoms with Gasteiger partial charge in [0.05, 0.1) is 20.3 Å². The van der Waals surface area contributed by atoms with Gasteiger partial charge in [-0.15, -0.1) is 0 Å². The first-order valence-corrected chi connectivity index (χ1v) is 7.81. The molecule has 0 heterocycles. The van der Waals surface area contributed by atoms with Crippen molar-refractivity contribution in [2.45, 2.75) is 19.9 Å². The first-order chi connectivity index (χ1) is 11.5. The van der Waals surface area contributed by atoms with Gasteiger partial charge in [-0.1, -0.05) is 24.3 Å². The van der Waals surface area contributed by atoms with E-state index in [0.717, 1.165) is 16.7 Å². The Bertz CT molecular complexity index is 737. The molecule has 2 aromatic rings. The van der Waals surface area contributed by atoms with Crippen LogP contribution >= 0.6 is 0 Å². The van der Waals surface area contributed by atoms with Crippen molar-refractivity contribution in [2.24, 2.45) is 0 Å². The molecule has 0 bridgehead atoms. The monoisotopic (exact) mass is 325 g/mol. The molecule has 1 amide bonds. The lowest BCUT2D eigenvalue weighted by Gasteiger charge is -2.15. The summed E-state index contributed by atoms with van der Waals surface area (Å²) in [4.78, 5) is 12.2. The van der Waals surface area contributed by atoms with E-state index in [0.29, 0.717) is 11.5 Å². The third kappa shape index (κ3) is 4.38. The summed E-state index contributed by atoms with van der Waals surface area (Å²) in [5, 5.41) is 2.98. The molecule has 126 valence electrons. The van der Waals surface area contributed by atoms with Crippen molar-refractivity contribution in [3.05, 3.63) is 65.2 Å². The van der Waals surface area contributed by atoms with Gasteiger partial charge < -0.3 is 14.8 Å².